The van der Waals surface area contributed by atoms with Crippen molar-refractivity contribution in [3.8, 4) is 5.88 Å². The van der Waals surface area contributed by atoms with Gasteiger partial charge < -0.3 is 19.8 Å². The highest BCUT2D eigenvalue weighted by Gasteiger charge is 2.24. The smallest absolute Gasteiger partial charge is 0.340 e. The van der Waals surface area contributed by atoms with E-state index in [-0.39, 0.29) is 11.3 Å². The van der Waals surface area contributed by atoms with Crippen molar-refractivity contribution < 1.29 is 19.1 Å². The van der Waals surface area contributed by atoms with E-state index in [1.807, 2.05) is 0 Å². The zero-order valence-corrected chi connectivity index (χ0v) is 15.0. The molecule has 3 aromatic rings. The number of rotatable bonds is 4. The first-order chi connectivity index (χ1) is 12.0. The highest BCUT2D eigenvalue weighted by atomic mass is 79.9. The quantitative estimate of drug-likeness (QED) is 0.651. The van der Waals surface area contributed by atoms with Crippen molar-refractivity contribution in [2.75, 3.05) is 19.5 Å². The van der Waals surface area contributed by atoms with E-state index >= 15 is 0 Å². The molecule has 0 aliphatic rings. The summed E-state index contributed by atoms with van der Waals surface area (Å²) >= 11 is 3.37. The number of nitrogens with one attached hydrogen (secondary N) is 2. The minimum Gasteiger partial charge on any atom is -0.481 e. The van der Waals surface area contributed by atoms with Crippen LogP contribution in [-0.4, -0.2) is 36.1 Å². The number of aromatic amines is 1. The number of aromatic nitrogens is 2. The Morgan fingerprint density at radius 2 is 2.00 bits per heavy atom. The number of hydrogen-bond acceptors (Lipinski definition) is 5. The molecule has 2 heterocycles. The van der Waals surface area contributed by atoms with Crippen LogP contribution in [0.25, 0.3) is 10.9 Å². The summed E-state index contributed by atoms with van der Waals surface area (Å²) in [7, 11) is 2.78. The lowest BCUT2D eigenvalue weighted by Gasteiger charge is -2.06. The van der Waals surface area contributed by atoms with Gasteiger partial charge in [-0.25, -0.2) is 9.78 Å². The number of carbonyl (C=O) groups excluding carboxylic acids is 2. The molecule has 7 nitrogen and oxygen atoms in total. The molecular formula is C17H14BrN3O4. The Bertz CT molecular complexity index is 950. The van der Waals surface area contributed by atoms with Crippen molar-refractivity contribution in [3.63, 3.8) is 0 Å². The average Bonchev–Trinajstić information content (AvgIpc) is 3.00. The molecule has 0 aliphatic carbocycles. The number of methoxy groups -OCH3 is 2. The van der Waals surface area contributed by atoms with E-state index in [0.29, 0.717) is 22.5 Å². The van der Waals surface area contributed by atoms with E-state index in [1.54, 1.807) is 30.3 Å². The summed E-state index contributed by atoms with van der Waals surface area (Å²) in [6.45, 7) is 0. The fourth-order valence-corrected chi connectivity index (χ4v) is 2.78. The minimum atomic E-state index is -0.591. The van der Waals surface area contributed by atoms with Gasteiger partial charge in [-0.2, -0.15) is 0 Å². The third-order valence-electron chi connectivity index (χ3n) is 3.58. The van der Waals surface area contributed by atoms with Gasteiger partial charge in [-0.1, -0.05) is 22.0 Å². The monoisotopic (exact) mass is 403 g/mol. The molecule has 0 spiro atoms. The Hall–Kier alpha value is -2.87. The number of H-pyrrole nitrogens is 1. The summed E-state index contributed by atoms with van der Waals surface area (Å²) in [6, 6.07) is 8.60. The van der Waals surface area contributed by atoms with Crippen LogP contribution in [0.1, 0.15) is 20.8 Å². The van der Waals surface area contributed by atoms with Crippen molar-refractivity contribution in [2.24, 2.45) is 0 Å². The molecule has 2 aromatic heterocycles. The molecule has 3 rings (SSSR count). The summed E-state index contributed by atoms with van der Waals surface area (Å²) in [6.07, 6.45) is 1.47. The maximum absolute atomic E-state index is 12.6. The van der Waals surface area contributed by atoms with Crippen LogP contribution in [0.2, 0.25) is 0 Å². The highest BCUT2D eigenvalue weighted by molar-refractivity contribution is 9.10. The first kappa shape index (κ1) is 17.0. The van der Waals surface area contributed by atoms with Gasteiger partial charge in [0, 0.05) is 21.4 Å². The van der Waals surface area contributed by atoms with Crippen molar-refractivity contribution in [1.29, 1.82) is 0 Å². The normalized spacial score (nSPS) is 10.5. The number of hydrogen-bond donors (Lipinski definition) is 2. The molecule has 0 unspecified atom stereocenters. The number of ether oxygens (including phenoxy) is 2. The summed E-state index contributed by atoms with van der Waals surface area (Å²) in [4.78, 5) is 31.8. The Morgan fingerprint density at radius 3 is 2.64 bits per heavy atom. The van der Waals surface area contributed by atoms with Crippen LogP contribution in [0, 0.1) is 0 Å². The fourth-order valence-electron chi connectivity index (χ4n) is 2.42. The van der Waals surface area contributed by atoms with Gasteiger partial charge in [0.15, 0.2) is 0 Å². The number of amides is 1. The van der Waals surface area contributed by atoms with Gasteiger partial charge in [-0.3, -0.25) is 4.79 Å². The van der Waals surface area contributed by atoms with Crippen LogP contribution in [-0.2, 0) is 4.74 Å². The maximum atomic E-state index is 12.6. The van der Waals surface area contributed by atoms with Crippen LogP contribution in [0.3, 0.4) is 0 Å². The SMILES string of the molecule is COC(=O)c1c(C(=O)Nc2ccc(OC)nc2)[nH]c2cc(Br)ccc12. The number of nitrogens with zero attached hydrogens (tertiary/aromatic N) is 1. The number of pyridine rings is 1. The van der Waals surface area contributed by atoms with Crippen molar-refractivity contribution in [1.82, 2.24) is 9.97 Å². The summed E-state index contributed by atoms with van der Waals surface area (Å²) in [5, 5.41) is 3.30. The average molecular weight is 404 g/mol. The topological polar surface area (TPSA) is 93.3 Å². The predicted octanol–water partition coefficient (Wildman–Crippen LogP) is 3.37. The fraction of sp³-hybridized carbons (Fsp3) is 0.118. The summed E-state index contributed by atoms with van der Waals surface area (Å²) in [5.41, 5.74) is 1.42. The molecule has 8 heteroatoms. The third kappa shape index (κ3) is 3.34. The number of anilines is 1. The second-order valence-corrected chi connectivity index (χ2v) is 6.02. The minimum absolute atomic E-state index is 0.121. The van der Waals surface area contributed by atoms with Gasteiger partial charge in [0.05, 0.1) is 31.7 Å². The van der Waals surface area contributed by atoms with Gasteiger partial charge in [0.1, 0.15) is 5.69 Å². The van der Waals surface area contributed by atoms with Crippen LogP contribution in [0.15, 0.2) is 41.0 Å². The Labute approximate surface area is 151 Å². The van der Waals surface area contributed by atoms with Crippen LogP contribution < -0.4 is 10.1 Å². The first-order valence-corrected chi connectivity index (χ1v) is 8.03. The molecule has 0 atom stereocenters. The molecule has 25 heavy (non-hydrogen) atoms. The molecule has 0 bridgehead atoms. The van der Waals surface area contributed by atoms with Crippen LogP contribution in [0.4, 0.5) is 5.69 Å². The molecule has 0 saturated carbocycles. The van der Waals surface area contributed by atoms with E-state index in [0.717, 1.165) is 4.47 Å². The molecule has 0 aliphatic heterocycles. The predicted molar refractivity (Wildman–Crippen MR) is 96.1 cm³/mol. The maximum Gasteiger partial charge on any atom is 0.340 e. The van der Waals surface area contributed by atoms with Crippen LogP contribution >= 0.6 is 15.9 Å². The summed E-state index contributed by atoms with van der Waals surface area (Å²) < 4.78 is 10.6. The number of benzene rings is 1. The summed E-state index contributed by atoms with van der Waals surface area (Å²) in [5.74, 6) is -0.630. The zero-order chi connectivity index (χ0) is 18.0. The third-order valence-corrected chi connectivity index (χ3v) is 4.07. The standard InChI is InChI=1S/C17H14BrN3O4/c1-24-13-6-4-10(8-19-13)20-16(22)15-14(17(23)25-2)11-5-3-9(18)7-12(11)21-15/h3-8,21H,1-2H3,(H,20,22). The molecule has 128 valence electrons. The Balaban J connectivity index is 2.00. The molecule has 2 N–H and O–H groups in total. The molecule has 0 fully saturated rings. The second-order valence-electron chi connectivity index (χ2n) is 5.10. The van der Waals surface area contributed by atoms with Gasteiger partial charge in [-0.05, 0) is 18.2 Å². The first-order valence-electron chi connectivity index (χ1n) is 7.24. The van der Waals surface area contributed by atoms with Gasteiger partial charge in [-0.15, -0.1) is 0 Å². The van der Waals surface area contributed by atoms with Crippen LogP contribution in [0.5, 0.6) is 5.88 Å². The molecule has 1 aromatic carbocycles. The van der Waals surface area contributed by atoms with E-state index < -0.39 is 11.9 Å². The van der Waals surface area contributed by atoms with Gasteiger partial charge in [0.2, 0.25) is 5.88 Å². The molecule has 1 amide bonds. The zero-order valence-electron chi connectivity index (χ0n) is 13.4. The molecule has 0 radical (unpaired) electrons. The Morgan fingerprint density at radius 1 is 1.20 bits per heavy atom. The van der Waals surface area contributed by atoms with E-state index in [1.165, 1.54) is 20.4 Å². The largest absolute Gasteiger partial charge is 0.481 e. The number of halogens is 1. The van der Waals surface area contributed by atoms with E-state index in [4.69, 9.17) is 9.47 Å². The molecular weight excluding hydrogens is 390 g/mol. The van der Waals surface area contributed by atoms with Crippen molar-refractivity contribution in [2.45, 2.75) is 0 Å². The number of carbonyl (C=O) groups is 2. The highest BCUT2D eigenvalue weighted by Crippen LogP contribution is 2.27. The van der Waals surface area contributed by atoms with Gasteiger partial charge in [0.25, 0.3) is 5.91 Å². The van der Waals surface area contributed by atoms with Crippen molar-refractivity contribution in [3.05, 3.63) is 52.3 Å². The number of fused-ring (bicyclic) bond motifs is 1. The lowest BCUT2D eigenvalue weighted by atomic mass is 10.1. The van der Waals surface area contributed by atoms with Gasteiger partial charge >= 0.3 is 5.97 Å². The lowest BCUT2D eigenvalue weighted by Crippen LogP contribution is -2.17. The number of esters is 1. The van der Waals surface area contributed by atoms with E-state index in [9.17, 15) is 9.59 Å². The Kier molecular flexibility index (Phi) is 4.71. The lowest BCUT2D eigenvalue weighted by molar-refractivity contribution is 0.0599. The molecule has 0 saturated heterocycles. The van der Waals surface area contributed by atoms with E-state index in [2.05, 4.69) is 31.2 Å². The van der Waals surface area contributed by atoms with Crippen molar-refractivity contribution >= 4 is 44.4 Å². The second kappa shape index (κ2) is 6.94.